The molecule has 1 saturated heterocycles. The van der Waals surface area contributed by atoms with Gasteiger partial charge in [-0.15, -0.1) is 12.4 Å². The molecule has 0 aromatic heterocycles. The number of hydrogen-bond acceptors (Lipinski definition) is 3. The Morgan fingerprint density at radius 3 is 2.75 bits per heavy atom. The molecule has 0 aromatic rings. The molecule has 1 N–H and O–H groups in total. The third kappa shape index (κ3) is 2.99. The van der Waals surface area contributed by atoms with E-state index in [1.807, 2.05) is 0 Å². The first-order chi connectivity index (χ1) is 5.16. The molecule has 1 aliphatic heterocycles. The number of ether oxygens (including phenoxy) is 1. The minimum atomic E-state index is -0.101. The zero-order valence-electron chi connectivity index (χ0n) is 7.55. The van der Waals surface area contributed by atoms with Gasteiger partial charge < -0.3 is 10.1 Å². The second-order valence-corrected chi connectivity index (χ2v) is 3.49. The average molecular weight is 194 g/mol. The molecule has 0 amide bonds. The number of carbonyl (C=O) groups is 1. The van der Waals surface area contributed by atoms with Crippen LogP contribution in [-0.2, 0) is 9.53 Å². The maximum Gasteiger partial charge on any atom is 0.306 e. The van der Waals surface area contributed by atoms with Crippen molar-refractivity contribution in [3.8, 4) is 0 Å². The summed E-state index contributed by atoms with van der Waals surface area (Å²) in [5, 5.41) is 3.23. The monoisotopic (exact) mass is 193 g/mol. The van der Waals surface area contributed by atoms with Gasteiger partial charge in [-0.25, -0.2) is 0 Å². The Morgan fingerprint density at radius 1 is 1.67 bits per heavy atom. The van der Waals surface area contributed by atoms with Crippen LogP contribution in [0.4, 0.5) is 0 Å². The molecule has 72 valence electrons. The summed E-state index contributed by atoms with van der Waals surface area (Å²) in [6.45, 7) is 4.07. The van der Waals surface area contributed by atoms with Crippen molar-refractivity contribution in [1.82, 2.24) is 5.32 Å². The van der Waals surface area contributed by atoms with E-state index in [1.165, 1.54) is 7.11 Å². The molecule has 1 unspecified atom stereocenters. The van der Waals surface area contributed by atoms with Gasteiger partial charge in [-0.05, 0) is 18.4 Å². The van der Waals surface area contributed by atoms with Gasteiger partial charge in [0.05, 0.1) is 13.5 Å². The number of hydrogen-bond donors (Lipinski definition) is 1. The second kappa shape index (κ2) is 4.67. The van der Waals surface area contributed by atoms with E-state index in [4.69, 9.17) is 0 Å². The predicted molar refractivity (Wildman–Crippen MR) is 49.5 cm³/mol. The van der Waals surface area contributed by atoms with Gasteiger partial charge in [0.15, 0.2) is 0 Å². The van der Waals surface area contributed by atoms with Crippen molar-refractivity contribution in [1.29, 1.82) is 0 Å². The Kier molecular flexibility index (Phi) is 4.57. The third-order valence-corrected chi connectivity index (χ3v) is 2.26. The van der Waals surface area contributed by atoms with E-state index >= 15 is 0 Å². The van der Waals surface area contributed by atoms with E-state index in [9.17, 15) is 4.79 Å². The first-order valence-corrected chi connectivity index (χ1v) is 3.94. The van der Waals surface area contributed by atoms with E-state index < -0.39 is 0 Å². The van der Waals surface area contributed by atoms with Crippen molar-refractivity contribution in [2.75, 3.05) is 20.2 Å². The van der Waals surface area contributed by atoms with Gasteiger partial charge in [-0.2, -0.15) is 0 Å². The number of halogens is 1. The molecule has 0 radical (unpaired) electrons. The highest BCUT2D eigenvalue weighted by molar-refractivity contribution is 5.85. The SMILES string of the molecule is COC(=O)CC1(C)CCNC1.Cl. The smallest absolute Gasteiger partial charge is 0.306 e. The van der Waals surface area contributed by atoms with Crippen LogP contribution in [0.25, 0.3) is 0 Å². The highest BCUT2D eigenvalue weighted by Gasteiger charge is 2.31. The molecule has 1 aliphatic rings. The second-order valence-electron chi connectivity index (χ2n) is 3.49. The van der Waals surface area contributed by atoms with Gasteiger partial charge in [0.2, 0.25) is 0 Å². The minimum absolute atomic E-state index is 0. The van der Waals surface area contributed by atoms with Crippen molar-refractivity contribution in [2.24, 2.45) is 5.41 Å². The average Bonchev–Trinajstić information content (AvgIpc) is 2.36. The van der Waals surface area contributed by atoms with Crippen molar-refractivity contribution in [3.63, 3.8) is 0 Å². The van der Waals surface area contributed by atoms with Crippen molar-refractivity contribution in [2.45, 2.75) is 19.8 Å². The van der Waals surface area contributed by atoms with E-state index in [2.05, 4.69) is 17.0 Å². The number of methoxy groups -OCH3 is 1. The van der Waals surface area contributed by atoms with Gasteiger partial charge in [0, 0.05) is 6.54 Å². The highest BCUT2D eigenvalue weighted by Crippen LogP contribution is 2.28. The van der Waals surface area contributed by atoms with E-state index in [-0.39, 0.29) is 23.8 Å². The van der Waals surface area contributed by atoms with Gasteiger partial charge in [0.1, 0.15) is 0 Å². The lowest BCUT2D eigenvalue weighted by molar-refractivity contribution is -0.142. The fourth-order valence-electron chi connectivity index (χ4n) is 1.44. The minimum Gasteiger partial charge on any atom is -0.469 e. The number of rotatable bonds is 2. The molecule has 3 nitrogen and oxygen atoms in total. The molecule has 0 spiro atoms. The lowest BCUT2D eigenvalue weighted by Crippen LogP contribution is -2.24. The first kappa shape index (κ1) is 11.7. The maximum absolute atomic E-state index is 10.9. The highest BCUT2D eigenvalue weighted by atomic mass is 35.5. The Balaban J connectivity index is 0.00000121. The summed E-state index contributed by atoms with van der Waals surface area (Å²) in [6, 6.07) is 0. The predicted octanol–water partition coefficient (Wildman–Crippen LogP) is 0.971. The molecule has 1 rings (SSSR count). The zero-order valence-corrected chi connectivity index (χ0v) is 8.37. The molecule has 0 saturated carbocycles. The van der Waals surface area contributed by atoms with Gasteiger partial charge >= 0.3 is 5.97 Å². The van der Waals surface area contributed by atoms with Gasteiger partial charge in [-0.1, -0.05) is 6.92 Å². The molecule has 1 fully saturated rings. The van der Waals surface area contributed by atoms with Gasteiger partial charge in [-0.3, -0.25) is 4.79 Å². The summed E-state index contributed by atoms with van der Waals surface area (Å²) in [7, 11) is 1.44. The fraction of sp³-hybridized carbons (Fsp3) is 0.875. The number of nitrogens with one attached hydrogen (secondary N) is 1. The largest absolute Gasteiger partial charge is 0.469 e. The van der Waals surface area contributed by atoms with Crippen LogP contribution in [0.15, 0.2) is 0 Å². The normalized spacial score (nSPS) is 27.8. The molecule has 0 bridgehead atoms. The number of esters is 1. The van der Waals surface area contributed by atoms with Crippen LogP contribution in [-0.4, -0.2) is 26.2 Å². The van der Waals surface area contributed by atoms with E-state index in [0.717, 1.165) is 19.5 Å². The van der Waals surface area contributed by atoms with Crippen molar-refractivity contribution < 1.29 is 9.53 Å². The van der Waals surface area contributed by atoms with Crippen LogP contribution in [0.1, 0.15) is 19.8 Å². The molecule has 0 aliphatic carbocycles. The third-order valence-electron chi connectivity index (χ3n) is 2.26. The van der Waals surface area contributed by atoms with Gasteiger partial charge in [0.25, 0.3) is 0 Å². The van der Waals surface area contributed by atoms with E-state index in [0.29, 0.717) is 6.42 Å². The molecular weight excluding hydrogens is 178 g/mol. The quantitative estimate of drug-likeness (QED) is 0.665. The zero-order chi connectivity index (χ0) is 8.32. The van der Waals surface area contributed by atoms with Crippen LogP contribution >= 0.6 is 12.4 Å². The van der Waals surface area contributed by atoms with Crippen LogP contribution < -0.4 is 5.32 Å². The molecule has 1 atom stereocenters. The maximum atomic E-state index is 10.9. The fourth-order valence-corrected chi connectivity index (χ4v) is 1.44. The molecule has 1 heterocycles. The lowest BCUT2D eigenvalue weighted by atomic mass is 9.86. The van der Waals surface area contributed by atoms with Crippen LogP contribution in [0.5, 0.6) is 0 Å². The molecular formula is C8H16ClNO2. The summed E-state index contributed by atoms with van der Waals surface area (Å²) in [6.07, 6.45) is 1.61. The Bertz CT molecular complexity index is 155. The van der Waals surface area contributed by atoms with Crippen molar-refractivity contribution in [3.05, 3.63) is 0 Å². The van der Waals surface area contributed by atoms with E-state index in [1.54, 1.807) is 0 Å². The molecule has 12 heavy (non-hydrogen) atoms. The summed E-state index contributed by atoms with van der Waals surface area (Å²) >= 11 is 0. The van der Waals surface area contributed by atoms with Crippen LogP contribution in [0, 0.1) is 5.41 Å². The summed E-state index contributed by atoms with van der Waals surface area (Å²) in [5.41, 5.74) is 0.132. The van der Waals surface area contributed by atoms with Crippen LogP contribution in [0.3, 0.4) is 0 Å². The Labute approximate surface area is 79.3 Å². The Hall–Kier alpha value is -0.280. The first-order valence-electron chi connectivity index (χ1n) is 3.94. The standard InChI is InChI=1S/C8H15NO2.ClH/c1-8(3-4-9-6-8)5-7(10)11-2;/h9H,3-6H2,1-2H3;1H. The summed E-state index contributed by atoms with van der Waals surface area (Å²) in [5.74, 6) is -0.101. The van der Waals surface area contributed by atoms with Crippen LogP contribution in [0.2, 0.25) is 0 Å². The Morgan fingerprint density at radius 2 is 2.33 bits per heavy atom. The molecule has 4 heteroatoms. The lowest BCUT2D eigenvalue weighted by Gasteiger charge is -2.20. The van der Waals surface area contributed by atoms with Crippen molar-refractivity contribution >= 4 is 18.4 Å². The topological polar surface area (TPSA) is 38.3 Å². The number of carbonyl (C=O) groups excluding carboxylic acids is 1. The molecule has 0 aromatic carbocycles. The summed E-state index contributed by atoms with van der Waals surface area (Å²) in [4.78, 5) is 10.9. The summed E-state index contributed by atoms with van der Waals surface area (Å²) < 4.78 is 4.61.